The first-order chi connectivity index (χ1) is 13.2. The molecular weight excluding hydrogens is 356 g/mol. The van der Waals surface area contributed by atoms with Gasteiger partial charge < -0.3 is 19.3 Å². The van der Waals surface area contributed by atoms with Crippen molar-refractivity contribution in [3.63, 3.8) is 0 Å². The highest BCUT2D eigenvalue weighted by atomic mass is 16.6. The van der Waals surface area contributed by atoms with Crippen molar-refractivity contribution in [3.8, 4) is 0 Å². The molecule has 0 radical (unpaired) electrons. The van der Waals surface area contributed by atoms with Gasteiger partial charge in [0.05, 0.1) is 12.1 Å². The fourth-order valence-electron chi connectivity index (χ4n) is 4.04. The van der Waals surface area contributed by atoms with Gasteiger partial charge in [-0.1, -0.05) is 30.3 Å². The summed E-state index contributed by atoms with van der Waals surface area (Å²) in [7, 11) is 0. The van der Waals surface area contributed by atoms with Crippen LogP contribution in [0.2, 0.25) is 0 Å². The van der Waals surface area contributed by atoms with Crippen LogP contribution in [-0.4, -0.2) is 58.7 Å². The number of likely N-dealkylation sites (tertiary alicyclic amines) is 1. The third-order valence-corrected chi connectivity index (χ3v) is 5.33. The van der Waals surface area contributed by atoms with Crippen LogP contribution in [0.1, 0.15) is 52.5 Å². The molecule has 2 saturated heterocycles. The van der Waals surface area contributed by atoms with Crippen molar-refractivity contribution in [2.45, 2.75) is 70.8 Å². The molecule has 2 heterocycles. The molecule has 1 aromatic rings. The molecule has 0 N–H and O–H groups in total. The van der Waals surface area contributed by atoms with E-state index in [2.05, 4.69) is 0 Å². The topological polar surface area (TPSA) is 59.1 Å². The molecule has 1 unspecified atom stereocenters. The van der Waals surface area contributed by atoms with Gasteiger partial charge in [-0.25, -0.2) is 4.79 Å². The van der Waals surface area contributed by atoms with Crippen molar-refractivity contribution in [1.82, 2.24) is 9.80 Å². The minimum atomic E-state index is -0.504. The molecule has 2 aliphatic heterocycles. The summed E-state index contributed by atoms with van der Waals surface area (Å²) in [6.07, 6.45) is 1.63. The number of carbonyl (C=O) groups is 2. The number of morpholine rings is 1. The van der Waals surface area contributed by atoms with Gasteiger partial charge in [-0.3, -0.25) is 4.79 Å². The molecule has 0 saturated carbocycles. The van der Waals surface area contributed by atoms with Gasteiger partial charge >= 0.3 is 6.09 Å². The van der Waals surface area contributed by atoms with Crippen LogP contribution in [0.25, 0.3) is 0 Å². The van der Waals surface area contributed by atoms with Crippen molar-refractivity contribution in [2.75, 3.05) is 19.6 Å². The highest BCUT2D eigenvalue weighted by Gasteiger charge is 2.44. The number of ether oxygens (including phenoxy) is 2. The lowest BCUT2D eigenvalue weighted by atomic mass is 9.91. The summed E-state index contributed by atoms with van der Waals surface area (Å²) in [4.78, 5) is 28.8. The Hall–Kier alpha value is -2.08. The number of amides is 2. The van der Waals surface area contributed by atoms with E-state index in [1.165, 1.54) is 0 Å². The number of carbonyl (C=O) groups excluding carboxylic acids is 2. The lowest BCUT2D eigenvalue weighted by Gasteiger charge is -2.45. The highest BCUT2D eigenvalue weighted by Crippen LogP contribution is 2.34. The predicted octanol–water partition coefficient (Wildman–Crippen LogP) is 3.59. The molecule has 0 aliphatic carbocycles. The average molecular weight is 389 g/mol. The van der Waals surface area contributed by atoms with E-state index in [1.807, 2.05) is 62.9 Å². The number of rotatable bonds is 2. The molecule has 0 aromatic heterocycles. The summed E-state index contributed by atoms with van der Waals surface area (Å²) in [6, 6.07) is 10.0. The zero-order valence-electron chi connectivity index (χ0n) is 17.4. The van der Waals surface area contributed by atoms with Crippen molar-refractivity contribution in [1.29, 1.82) is 0 Å². The van der Waals surface area contributed by atoms with Gasteiger partial charge in [0.25, 0.3) is 5.91 Å². The van der Waals surface area contributed by atoms with Crippen LogP contribution in [0, 0.1) is 0 Å². The van der Waals surface area contributed by atoms with Gasteiger partial charge in [-0.15, -0.1) is 0 Å². The number of nitrogens with zero attached hydrogens (tertiary/aromatic N) is 2. The minimum Gasteiger partial charge on any atom is -0.444 e. The molecule has 2 atom stereocenters. The van der Waals surface area contributed by atoms with E-state index in [0.717, 1.165) is 18.4 Å². The highest BCUT2D eigenvalue weighted by molar-refractivity contribution is 5.81. The van der Waals surface area contributed by atoms with E-state index in [1.54, 1.807) is 4.90 Å². The van der Waals surface area contributed by atoms with Gasteiger partial charge in [-0.2, -0.15) is 0 Å². The summed E-state index contributed by atoms with van der Waals surface area (Å²) < 4.78 is 11.8. The number of hydrogen-bond donors (Lipinski definition) is 0. The maximum atomic E-state index is 12.7. The Balaban J connectivity index is 1.69. The third kappa shape index (κ3) is 5.04. The Kier molecular flexibility index (Phi) is 5.98. The van der Waals surface area contributed by atoms with Crippen LogP contribution >= 0.6 is 0 Å². The molecule has 6 nitrogen and oxygen atoms in total. The second-order valence-electron chi connectivity index (χ2n) is 8.94. The van der Waals surface area contributed by atoms with Gasteiger partial charge in [-0.05, 0) is 52.5 Å². The standard InChI is InChI=1S/C22H32N2O4/c1-17-19(25)24(15-18-9-6-5-7-10-18)16-22(27-17)11-8-13-23(14-12-22)20(26)28-21(2,3)4/h5-7,9-10,17H,8,11-16H2,1-4H3/t17-,22?/m1/s1. The van der Waals surface area contributed by atoms with Crippen molar-refractivity contribution in [3.05, 3.63) is 35.9 Å². The molecule has 0 bridgehead atoms. The normalized spacial score (nSPS) is 26.3. The van der Waals surface area contributed by atoms with E-state index >= 15 is 0 Å². The van der Waals surface area contributed by atoms with Crippen LogP contribution in [0.3, 0.4) is 0 Å². The van der Waals surface area contributed by atoms with E-state index in [0.29, 0.717) is 32.6 Å². The first kappa shape index (κ1) is 20.6. The van der Waals surface area contributed by atoms with Crippen LogP contribution in [0.5, 0.6) is 0 Å². The number of hydrogen-bond acceptors (Lipinski definition) is 4. The molecule has 6 heteroatoms. The van der Waals surface area contributed by atoms with E-state index < -0.39 is 17.3 Å². The minimum absolute atomic E-state index is 0.0303. The Morgan fingerprint density at radius 2 is 1.93 bits per heavy atom. The monoisotopic (exact) mass is 388 g/mol. The Morgan fingerprint density at radius 3 is 2.61 bits per heavy atom. The summed E-state index contributed by atoms with van der Waals surface area (Å²) in [6.45, 7) is 9.85. The predicted molar refractivity (Wildman–Crippen MR) is 107 cm³/mol. The summed E-state index contributed by atoms with van der Waals surface area (Å²) in [5.74, 6) is 0.0303. The second kappa shape index (κ2) is 8.11. The van der Waals surface area contributed by atoms with Crippen LogP contribution in [0.15, 0.2) is 30.3 Å². The van der Waals surface area contributed by atoms with Gasteiger partial charge in [0.1, 0.15) is 11.7 Å². The zero-order valence-corrected chi connectivity index (χ0v) is 17.4. The molecule has 154 valence electrons. The maximum Gasteiger partial charge on any atom is 0.410 e. The molecule has 1 aromatic carbocycles. The quantitative estimate of drug-likeness (QED) is 0.777. The molecule has 2 fully saturated rings. The molecule has 2 aliphatic rings. The summed E-state index contributed by atoms with van der Waals surface area (Å²) in [5, 5.41) is 0. The smallest absolute Gasteiger partial charge is 0.410 e. The van der Waals surface area contributed by atoms with Crippen molar-refractivity contribution in [2.24, 2.45) is 0 Å². The van der Waals surface area contributed by atoms with Crippen LogP contribution < -0.4 is 0 Å². The molecule has 3 rings (SSSR count). The Labute approximate surface area is 167 Å². The van der Waals surface area contributed by atoms with Crippen LogP contribution in [0.4, 0.5) is 4.79 Å². The zero-order chi connectivity index (χ0) is 20.4. The van der Waals surface area contributed by atoms with Crippen LogP contribution in [-0.2, 0) is 20.8 Å². The fraction of sp³-hybridized carbons (Fsp3) is 0.636. The SMILES string of the molecule is C[C@H]1OC2(CCCN(C(=O)OC(C)(C)C)CC2)CN(Cc2ccccc2)C1=O. The molecule has 28 heavy (non-hydrogen) atoms. The van der Waals surface area contributed by atoms with E-state index in [4.69, 9.17) is 9.47 Å². The molecule has 2 amide bonds. The van der Waals surface area contributed by atoms with Crippen molar-refractivity contribution >= 4 is 12.0 Å². The summed E-state index contributed by atoms with van der Waals surface area (Å²) in [5.41, 5.74) is 0.207. The molecule has 1 spiro atoms. The van der Waals surface area contributed by atoms with E-state index in [9.17, 15) is 9.59 Å². The van der Waals surface area contributed by atoms with E-state index in [-0.39, 0.29) is 12.0 Å². The second-order valence-corrected chi connectivity index (χ2v) is 8.94. The lowest BCUT2D eigenvalue weighted by Crippen LogP contribution is -2.57. The van der Waals surface area contributed by atoms with Crippen molar-refractivity contribution < 1.29 is 19.1 Å². The Bertz CT molecular complexity index is 700. The first-order valence-electron chi connectivity index (χ1n) is 10.2. The summed E-state index contributed by atoms with van der Waals surface area (Å²) >= 11 is 0. The van der Waals surface area contributed by atoms with Gasteiger partial charge in [0.2, 0.25) is 0 Å². The first-order valence-corrected chi connectivity index (χ1v) is 10.2. The van der Waals surface area contributed by atoms with Gasteiger partial charge in [0.15, 0.2) is 0 Å². The number of benzene rings is 1. The largest absolute Gasteiger partial charge is 0.444 e. The fourth-order valence-corrected chi connectivity index (χ4v) is 4.04. The third-order valence-electron chi connectivity index (χ3n) is 5.33. The lowest BCUT2D eigenvalue weighted by molar-refractivity contribution is -0.184. The Morgan fingerprint density at radius 1 is 1.21 bits per heavy atom. The average Bonchev–Trinajstić information content (AvgIpc) is 2.81. The maximum absolute atomic E-state index is 12.7. The van der Waals surface area contributed by atoms with Gasteiger partial charge in [0, 0.05) is 19.6 Å². The molecular formula is C22H32N2O4.